The van der Waals surface area contributed by atoms with E-state index in [9.17, 15) is 9.59 Å². The molecule has 2 aromatic rings. The molecule has 0 N–H and O–H groups in total. The first kappa shape index (κ1) is 18.5. The van der Waals surface area contributed by atoms with E-state index in [1.54, 1.807) is 26.2 Å². The van der Waals surface area contributed by atoms with Crippen molar-refractivity contribution in [3.8, 4) is 0 Å². The Labute approximate surface area is 158 Å². The van der Waals surface area contributed by atoms with Gasteiger partial charge in [-0.25, -0.2) is 0 Å². The molecule has 3 rings (SSSR count). The molecule has 1 aliphatic rings. The highest BCUT2D eigenvalue weighted by Gasteiger charge is 2.26. The number of likely N-dealkylation sites (N-methyl/N-ethyl adjacent to an activating group) is 1. The zero-order valence-electron chi connectivity index (χ0n) is 15.1. The molecule has 0 bridgehead atoms. The van der Waals surface area contributed by atoms with Crippen molar-refractivity contribution in [2.45, 2.75) is 30.3 Å². The highest BCUT2D eigenvalue weighted by Crippen LogP contribution is 2.28. The van der Waals surface area contributed by atoms with Crippen LogP contribution in [0.5, 0.6) is 0 Å². The number of thioether (sulfide) groups is 1. The second-order valence-electron chi connectivity index (χ2n) is 6.59. The molecule has 26 heavy (non-hydrogen) atoms. The van der Waals surface area contributed by atoms with Gasteiger partial charge in [-0.05, 0) is 42.5 Å². The summed E-state index contributed by atoms with van der Waals surface area (Å²) in [5.74, 6) is -0.449. The molecule has 136 valence electrons. The number of carbonyl (C=O) groups is 2. The molecule has 5 heteroatoms. The van der Waals surface area contributed by atoms with Crippen LogP contribution in [0.4, 0.5) is 0 Å². The van der Waals surface area contributed by atoms with Crippen molar-refractivity contribution in [1.82, 2.24) is 4.90 Å². The molecular formula is C21H23NO3S. The van der Waals surface area contributed by atoms with Gasteiger partial charge in [-0.3, -0.25) is 9.59 Å². The molecule has 0 fully saturated rings. The van der Waals surface area contributed by atoms with E-state index in [-0.39, 0.29) is 17.6 Å². The SMILES string of the molecule is CN(C)C(=O)[C@H](OC(=O)CSc1ccc2c(c1)CCC2)c1ccccc1. The van der Waals surface area contributed by atoms with Crippen LogP contribution in [-0.4, -0.2) is 36.6 Å². The van der Waals surface area contributed by atoms with Gasteiger partial charge in [0.2, 0.25) is 6.10 Å². The lowest BCUT2D eigenvalue weighted by Crippen LogP contribution is -2.31. The Morgan fingerprint density at radius 2 is 1.81 bits per heavy atom. The maximum atomic E-state index is 12.4. The third kappa shape index (κ3) is 4.47. The van der Waals surface area contributed by atoms with Gasteiger partial charge in [0.15, 0.2) is 0 Å². The fourth-order valence-electron chi connectivity index (χ4n) is 3.07. The number of amides is 1. The Hall–Kier alpha value is -2.27. The van der Waals surface area contributed by atoms with E-state index >= 15 is 0 Å². The van der Waals surface area contributed by atoms with Crippen LogP contribution in [-0.2, 0) is 27.2 Å². The van der Waals surface area contributed by atoms with Gasteiger partial charge < -0.3 is 9.64 Å². The van der Waals surface area contributed by atoms with Crippen LogP contribution in [0.15, 0.2) is 53.4 Å². The van der Waals surface area contributed by atoms with Gasteiger partial charge in [-0.2, -0.15) is 0 Å². The highest BCUT2D eigenvalue weighted by atomic mass is 32.2. The Morgan fingerprint density at radius 3 is 2.54 bits per heavy atom. The summed E-state index contributed by atoms with van der Waals surface area (Å²) in [5, 5.41) is 0. The van der Waals surface area contributed by atoms with E-state index in [0.29, 0.717) is 5.56 Å². The van der Waals surface area contributed by atoms with Gasteiger partial charge in [0.05, 0.1) is 5.75 Å². The average Bonchev–Trinajstić information content (AvgIpc) is 3.12. The summed E-state index contributed by atoms with van der Waals surface area (Å²) in [6.45, 7) is 0. The predicted octanol–water partition coefficient (Wildman–Crippen LogP) is 3.64. The molecule has 1 aliphatic carbocycles. The molecular weight excluding hydrogens is 346 g/mol. The van der Waals surface area contributed by atoms with Gasteiger partial charge in [0.25, 0.3) is 5.91 Å². The average molecular weight is 369 g/mol. The first-order chi connectivity index (χ1) is 12.5. The van der Waals surface area contributed by atoms with Crippen molar-refractivity contribution < 1.29 is 14.3 Å². The van der Waals surface area contributed by atoms with E-state index in [1.165, 1.54) is 34.2 Å². The van der Waals surface area contributed by atoms with Gasteiger partial charge in [-0.1, -0.05) is 36.4 Å². The number of esters is 1. The lowest BCUT2D eigenvalue weighted by molar-refractivity contribution is -0.157. The quantitative estimate of drug-likeness (QED) is 0.576. The van der Waals surface area contributed by atoms with Gasteiger partial charge in [-0.15, -0.1) is 11.8 Å². The monoisotopic (exact) mass is 369 g/mol. The van der Waals surface area contributed by atoms with Gasteiger partial charge in [0.1, 0.15) is 0 Å². The molecule has 0 saturated carbocycles. The molecule has 0 aromatic heterocycles. The number of fused-ring (bicyclic) bond motifs is 1. The van der Waals surface area contributed by atoms with E-state index < -0.39 is 6.10 Å². The van der Waals surface area contributed by atoms with E-state index in [4.69, 9.17) is 4.74 Å². The maximum absolute atomic E-state index is 12.4. The normalized spacial score (nSPS) is 13.8. The minimum atomic E-state index is -0.903. The summed E-state index contributed by atoms with van der Waals surface area (Å²) in [4.78, 5) is 27.3. The number of aryl methyl sites for hydroxylation is 2. The van der Waals surface area contributed by atoms with Crippen LogP contribution in [0, 0.1) is 0 Å². The third-order valence-corrected chi connectivity index (χ3v) is 5.41. The first-order valence-electron chi connectivity index (χ1n) is 8.75. The molecule has 1 atom stereocenters. The summed E-state index contributed by atoms with van der Waals surface area (Å²) in [6, 6.07) is 15.5. The highest BCUT2D eigenvalue weighted by molar-refractivity contribution is 8.00. The van der Waals surface area contributed by atoms with Crippen molar-refractivity contribution >= 4 is 23.6 Å². The van der Waals surface area contributed by atoms with Crippen molar-refractivity contribution in [1.29, 1.82) is 0 Å². The van der Waals surface area contributed by atoms with Crippen LogP contribution >= 0.6 is 11.8 Å². The smallest absolute Gasteiger partial charge is 0.317 e. The number of ether oxygens (including phenoxy) is 1. The summed E-state index contributed by atoms with van der Waals surface area (Å²) in [5.41, 5.74) is 3.48. The molecule has 0 saturated heterocycles. The minimum Gasteiger partial charge on any atom is -0.447 e. The van der Waals surface area contributed by atoms with E-state index in [1.807, 2.05) is 18.2 Å². The number of benzene rings is 2. The molecule has 2 aromatic carbocycles. The predicted molar refractivity (Wildman–Crippen MR) is 103 cm³/mol. The largest absolute Gasteiger partial charge is 0.447 e. The molecule has 4 nitrogen and oxygen atoms in total. The fourth-order valence-corrected chi connectivity index (χ4v) is 3.81. The number of hydrogen-bond acceptors (Lipinski definition) is 4. The zero-order valence-corrected chi connectivity index (χ0v) is 15.9. The third-order valence-electron chi connectivity index (χ3n) is 4.44. The molecule has 0 spiro atoms. The van der Waals surface area contributed by atoms with Gasteiger partial charge >= 0.3 is 5.97 Å². The molecule has 1 amide bonds. The Morgan fingerprint density at radius 1 is 1.08 bits per heavy atom. The molecule has 0 aliphatic heterocycles. The molecule has 0 heterocycles. The van der Waals surface area contributed by atoms with Crippen LogP contribution in [0.1, 0.15) is 29.2 Å². The minimum absolute atomic E-state index is 0.183. The van der Waals surface area contributed by atoms with Crippen molar-refractivity contribution in [3.63, 3.8) is 0 Å². The Bertz CT molecular complexity index is 789. The van der Waals surface area contributed by atoms with Crippen LogP contribution in [0.3, 0.4) is 0 Å². The molecule has 0 radical (unpaired) electrons. The second kappa shape index (κ2) is 8.41. The van der Waals surface area contributed by atoms with Gasteiger partial charge in [0, 0.05) is 24.6 Å². The van der Waals surface area contributed by atoms with Crippen LogP contribution in [0.25, 0.3) is 0 Å². The maximum Gasteiger partial charge on any atom is 0.317 e. The van der Waals surface area contributed by atoms with Crippen molar-refractivity contribution in [3.05, 3.63) is 65.2 Å². The zero-order chi connectivity index (χ0) is 18.5. The summed E-state index contributed by atoms with van der Waals surface area (Å²) >= 11 is 1.45. The van der Waals surface area contributed by atoms with Crippen LogP contribution in [0.2, 0.25) is 0 Å². The lowest BCUT2D eigenvalue weighted by atomic mass is 10.1. The molecule has 0 unspecified atom stereocenters. The first-order valence-corrected chi connectivity index (χ1v) is 9.73. The summed E-state index contributed by atoms with van der Waals surface area (Å²) in [7, 11) is 3.32. The van der Waals surface area contributed by atoms with Crippen molar-refractivity contribution in [2.24, 2.45) is 0 Å². The van der Waals surface area contributed by atoms with E-state index in [2.05, 4.69) is 18.2 Å². The summed E-state index contributed by atoms with van der Waals surface area (Å²) in [6.07, 6.45) is 2.56. The lowest BCUT2D eigenvalue weighted by Gasteiger charge is -2.21. The van der Waals surface area contributed by atoms with Crippen LogP contribution < -0.4 is 0 Å². The number of carbonyl (C=O) groups excluding carboxylic acids is 2. The topological polar surface area (TPSA) is 46.6 Å². The standard InChI is InChI=1S/C21H23NO3S/c1-22(2)21(24)20(16-7-4-3-5-8-16)25-19(23)14-26-18-12-11-15-9-6-10-17(15)13-18/h3-5,7-8,11-13,20H,6,9-10,14H2,1-2H3/t20-/m1/s1. The summed E-state index contributed by atoms with van der Waals surface area (Å²) < 4.78 is 5.52. The number of hydrogen-bond donors (Lipinski definition) is 0. The second-order valence-corrected chi connectivity index (χ2v) is 7.63. The number of nitrogens with zero attached hydrogens (tertiary/aromatic N) is 1. The number of rotatable bonds is 6. The Balaban J connectivity index is 1.63. The fraction of sp³-hybridized carbons (Fsp3) is 0.333. The van der Waals surface area contributed by atoms with Crippen molar-refractivity contribution in [2.75, 3.05) is 19.8 Å². The van der Waals surface area contributed by atoms with E-state index in [0.717, 1.165) is 17.7 Å². The Kier molecular flexibility index (Phi) is 5.99.